The van der Waals surface area contributed by atoms with E-state index in [1.54, 1.807) is 0 Å². The van der Waals surface area contributed by atoms with Crippen molar-refractivity contribution in [3.8, 4) is 0 Å². The normalized spacial score (nSPS) is 17.4. The largest absolute Gasteiger partial charge is 0.299 e. The zero-order valence-corrected chi connectivity index (χ0v) is 9.28. The summed E-state index contributed by atoms with van der Waals surface area (Å²) in [5.41, 5.74) is 1.27. The Bertz CT molecular complexity index is 324. The summed E-state index contributed by atoms with van der Waals surface area (Å²) < 4.78 is 0. The van der Waals surface area contributed by atoms with Gasteiger partial charge in [0.1, 0.15) is 5.78 Å². The molecule has 0 aromatic heterocycles. The number of ketones is 1. The Morgan fingerprint density at radius 3 is 2.60 bits per heavy atom. The number of hydrogen-bond donors (Lipinski definition) is 0. The van der Waals surface area contributed by atoms with Crippen LogP contribution in [0.2, 0.25) is 0 Å². The number of hydrogen-bond acceptors (Lipinski definition) is 1. The fourth-order valence-corrected chi connectivity index (χ4v) is 2.00. The van der Waals surface area contributed by atoms with E-state index >= 15 is 0 Å². The van der Waals surface area contributed by atoms with Gasteiger partial charge in [-0.15, -0.1) is 0 Å². The summed E-state index contributed by atoms with van der Waals surface area (Å²) in [6.45, 7) is 2.09. The van der Waals surface area contributed by atoms with E-state index in [-0.39, 0.29) is 0 Å². The molecule has 1 aliphatic rings. The average molecular weight is 202 g/mol. The van der Waals surface area contributed by atoms with Crippen molar-refractivity contribution in [2.75, 3.05) is 0 Å². The lowest BCUT2D eigenvalue weighted by molar-refractivity contribution is -0.122. The third kappa shape index (κ3) is 2.92. The Balaban J connectivity index is 1.80. The second kappa shape index (κ2) is 4.61. The molecule has 1 unspecified atom stereocenters. The van der Waals surface area contributed by atoms with Gasteiger partial charge in [-0.05, 0) is 30.7 Å². The average Bonchev–Trinajstić information content (AvgIpc) is 3.10. The van der Waals surface area contributed by atoms with Gasteiger partial charge in [-0.2, -0.15) is 0 Å². The summed E-state index contributed by atoms with van der Waals surface area (Å²) in [4.78, 5) is 11.8. The van der Waals surface area contributed by atoms with Crippen molar-refractivity contribution in [2.24, 2.45) is 11.8 Å². The van der Waals surface area contributed by atoms with Crippen molar-refractivity contribution in [2.45, 2.75) is 32.6 Å². The fourth-order valence-electron chi connectivity index (χ4n) is 2.00. The predicted octanol–water partition coefficient (Wildman–Crippen LogP) is 3.23. The highest BCUT2D eigenvalue weighted by molar-refractivity contribution is 5.81. The summed E-state index contributed by atoms with van der Waals surface area (Å²) in [7, 11) is 0. The molecule has 80 valence electrons. The highest BCUT2D eigenvalue weighted by Crippen LogP contribution is 2.37. The van der Waals surface area contributed by atoms with Crippen molar-refractivity contribution in [3.63, 3.8) is 0 Å². The molecule has 1 atom stereocenters. The lowest BCUT2D eigenvalue weighted by Gasteiger charge is -2.08. The predicted molar refractivity (Wildman–Crippen MR) is 61.7 cm³/mol. The molecule has 1 aromatic rings. The highest BCUT2D eigenvalue weighted by Gasteiger charge is 2.31. The van der Waals surface area contributed by atoms with Gasteiger partial charge in [0, 0.05) is 12.3 Å². The van der Waals surface area contributed by atoms with Crippen LogP contribution in [0.1, 0.15) is 31.7 Å². The van der Waals surface area contributed by atoms with Crippen molar-refractivity contribution in [1.82, 2.24) is 0 Å². The van der Waals surface area contributed by atoms with Gasteiger partial charge in [-0.25, -0.2) is 0 Å². The molecule has 2 rings (SSSR count). The molecule has 1 aliphatic carbocycles. The van der Waals surface area contributed by atoms with Crippen LogP contribution in [0.25, 0.3) is 0 Å². The van der Waals surface area contributed by atoms with Crippen LogP contribution in [0.3, 0.4) is 0 Å². The van der Waals surface area contributed by atoms with Gasteiger partial charge >= 0.3 is 0 Å². The molecule has 0 heterocycles. The number of carbonyl (C=O) groups is 1. The second-order valence-electron chi connectivity index (χ2n) is 4.58. The molecule has 1 heteroatoms. The molecule has 1 aromatic carbocycles. The molecule has 0 aliphatic heterocycles. The zero-order valence-electron chi connectivity index (χ0n) is 9.28. The van der Waals surface area contributed by atoms with Crippen LogP contribution in [0.4, 0.5) is 0 Å². The minimum Gasteiger partial charge on any atom is -0.299 e. The number of rotatable bonds is 5. The smallest absolute Gasteiger partial charge is 0.136 e. The van der Waals surface area contributed by atoms with Crippen LogP contribution in [0.5, 0.6) is 0 Å². The van der Waals surface area contributed by atoms with E-state index in [9.17, 15) is 4.79 Å². The first kappa shape index (κ1) is 10.4. The SMILES string of the molecule is CC(C(=O)CCc1ccccc1)C1CC1. The lowest BCUT2D eigenvalue weighted by Crippen LogP contribution is -2.13. The van der Waals surface area contributed by atoms with Crippen LogP contribution >= 0.6 is 0 Å². The minimum atomic E-state index is 0.300. The van der Waals surface area contributed by atoms with Crippen LogP contribution < -0.4 is 0 Å². The number of benzene rings is 1. The van der Waals surface area contributed by atoms with E-state index in [0.717, 1.165) is 6.42 Å². The minimum absolute atomic E-state index is 0.300. The van der Waals surface area contributed by atoms with Gasteiger partial charge in [0.15, 0.2) is 0 Å². The molecular formula is C14H18O. The van der Waals surface area contributed by atoms with Gasteiger partial charge in [-0.1, -0.05) is 37.3 Å². The Hall–Kier alpha value is -1.11. The molecule has 0 N–H and O–H groups in total. The Kier molecular flexibility index (Phi) is 3.20. The third-order valence-corrected chi connectivity index (χ3v) is 3.34. The molecule has 1 saturated carbocycles. The molecule has 0 radical (unpaired) electrons. The first-order valence-corrected chi connectivity index (χ1v) is 5.84. The maximum absolute atomic E-state index is 11.8. The standard InChI is InChI=1S/C14H18O/c1-11(13-8-9-13)14(15)10-7-12-5-3-2-4-6-12/h2-6,11,13H,7-10H2,1H3. The molecule has 1 fully saturated rings. The maximum atomic E-state index is 11.8. The highest BCUT2D eigenvalue weighted by atomic mass is 16.1. The van der Waals surface area contributed by atoms with Gasteiger partial charge in [0.2, 0.25) is 0 Å². The Morgan fingerprint density at radius 2 is 2.00 bits per heavy atom. The van der Waals surface area contributed by atoms with Crippen LogP contribution in [0.15, 0.2) is 30.3 Å². The summed E-state index contributed by atoms with van der Waals surface area (Å²) in [5.74, 6) is 1.45. The monoisotopic (exact) mass is 202 g/mol. The van der Waals surface area contributed by atoms with Crippen molar-refractivity contribution in [3.05, 3.63) is 35.9 Å². The number of carbonyl (C=O) groups excluding carboxylic acids is 1. The molecule has 15 heavy (non-hydrogen) atoms. The Labute approximate surface area is 91.5 Å². The molecule has 0 saturated heterocycles. The van der Waals surface area contributed by atoms with E-state index < -0.39 is 0 Å². The fraction of sp³-hybridized carbons (Fsp3) is 0.500. The van der Waals surface area contributed by atoms with Crippen LogP contribution in [-0.2, 0) is 11.2 Å². The first-order chi connectivity index (χ1) is 7.27. The molecule has 0 bridgehead atoms. The van der Waals surface area contributed by atoms with E-state index in [4.69, 9.17) is 0 Å². The lowest BCUT2D eigenvalue weighted by atomic mass is 9.96. The van der Waals surface area contributed by atoms with Gasteiger partial charge in [-0.3, -0.25) is 4.79 Å². The van der Waals surface area contributed by atoms with E-state index in [0.29, 0.717) is 24.0 Å². The van der Waals surface area contributed by atoms with Gasteiger partial charge < -0.3 is 0 Å². The van der Waals surface area contributed by atoms with E-state index in [2.05, 4.69) is 19.1 Å². The molecule has 0 spiro atoms. The second-order valence-corrected chi connectivity index (χ2v) is 4.58. The summed E-state index contributed by atoms with van der Waals surface area (Å²) in [6, 6.07) is 10.3. The molecule has 0 amide bonds. The van der Waals surface area contributed by atoms with E-state index in [1.165, 1.54) is 18.4 Å². The number of aryl methyl sites for hydroxylation is 1. The van der Waals surface area contributed by atoms with Gasteiger partial charge in [0.25, 0.3) is 0 Å². The zero-order chi connectivity index (χ0) is 10.7. The summed E-state index contributed by atoms with van der Waals surface area (Å²) >= 11 is 0. The first-order valence-electron chi connectivity index (χ1n) is 5.84. The quantitative estimate of drug-likeness (QED) is 0.716. The van der Waals surface area contributed by atoms with Gasteiger partial charge in [0.05, 0.1) is 0 Å². The van der Waals surface area contributed by atoms with Crippen LogP contribution in [-0.4, -0.2) is 5.78 Å². The topological polar surface area (TPSA) is 17.1 Å². The van der Waals surface area contributed by atoms with E-state index in [1.807, 2.05) is 18.2 Å². The Morgan fingerprint density at radius 1 is 1.33 bits per heavy atom. The number of Topliss-reactive ketones (excluding diaryl/α,β-unsaturated/α-hetero) is 1. The van der Waals surface area contributed by atoms with Crippen LogP contribution in [0, 0.1) is 11.8 Å². The molecule has 1 nitrogen and oxygen atoms in total. The summed E-state index contributed by atoms with van der Waals surface area (Å²) in [5, 5.41) is 0. The summed E-state index contributed by atoms with van der Waals surface area (Å²) in [6.07, 6.45) is 4.13. The van der Waals surface area contributed by atoms with Crippen molar-refractivity contribution >= 4 is 5.78 Å². The molecular weight excluding hydrogens is 184 g/mol. The van der Waals surface area contributed by atoms with Crippen molar-refractivity contribution in [1.29, 1.82) is 0 Å². The van der Waals surface area contributed by atoms with Crippen molar-refractivity contribution < 1.29 is 4.79 Å². The third-order valence-electron chi connectivity index (χ3n) is 3.34. The maximum Gasteiger partial charge on any atom is 0.136 e.